The predicted octanol–water partition coefficient (Wildman–Crippen LogP) is 4.59. The highest BCUT2D eigenvalue weighted by molar-refractivity contribution is 7.89. The van der Waals surface area contributed by atoms with Crippen molar-refractivity contribution >= 4 is 21.6 Å². The normalized spacial score (nSPS) is 12.3. The van der Waals surface area contributed by atoms with Crippen LogP contribution in [0.4, 0.5) is 13.2 Å². The molecule has 0 bridgehead atoms. The van der Waals surface area contributed by atoms with Crippen LogP contribution >= 0.6 is 11.6 Å². The smallest absolute Gasteiger partial charge is 0.417 e. The van der Waals surface area contributed by atoms with Gasteiger partial charge in [-0.1, -0.05) is 17.7 Å². The number of benzene rings is 2. The van der Waals surface area contributed by atoms with Crippen molar-refractivity contribution in [3.8, 4) is 11.5 Å². The van der Waals surface area contributed by atoms with Gasteiger partial charge in [-0.2, -0.15) is 17.5 Å². The van der Waals surface area contributed by atoms with Crippen molar-refractivity contribution in [2.75, 3.05) is 20.8 Å². The molecule has 0 saturated carbocycles. The summed E-state index contributed by atoms with van der Waals surface area (Å²) in [6.07, 6.45) is -4.76. The van der Waals surface area contributed by atoms with Gasteiger partial charge >= 0.3 is 6.18 Å². The van der Waals surface area contributed by atoms with Gasteiger partial charge in [0.1, 0.15) is 0 Å². The molecule has 10 heteroatoms. The third kappa shape index (κ3) is 4.89. The fraction of sp³-hybridized carbons (Fsp3) is 0.333. The average molecular weight is 438 g/mol. The molecule has 0 heterocycles. The molecule has 0 aliphatic heterocycles. The topological polar surface area (TPSA) is 55.8 Å². The molecule has 2 aromatic rings. The molecular weight excluding hydrogens is 419 g/mol. The number of hydrogen-bond donors (Lipinski definition) is 0. The quantitative estimate of drug-likeness (QED) is 0.636. The number of hydrogen-bond acceptors (Lipinski definition) is 4. The first-order chi connectivity index (χ1) is 13.0. The summed E-state index contributed by atoms with van der Waals surface area (Å²) >= 11 is 5.56. The number of alkyl halides is 3. The summed E-state index contributed by atoms with van der Waals surface area (Å²) in [7, 11) is -1.44. The first-order valence-electron chi connectivity index (χ1n) is 8.13. The van der Waals surface area contributed by atoms with E-state index in [1.807, 2.05) is 6.92 Å². The molecule has 2 rings (SSSR count). The number of halogens is 4. The van der Waals surface area contributed by atoms with Crippen LogP contribution in [0.15, 0.2) is 41.3 Å². The fourth-order valence-electron chi connectivity index (χ4n) is 2.49. The molecule has 0 radical (unpaired) electrons. The average Bonchev–Trinajstić information content (AvgIpc) is 2.62. The number of sulfonamides is 1. The summed E-state index contributed by atoms with van der Waals surface area (Å²) in [6, 6.07) is 7.41. The first kappa shape index (κ1) is 22.3. The largest absolute Gasteiger partial charge is 0.493 e. The SMILES string of the molecule is CCOc1ccc(CN(C)S(=O)(=O)c2ccc(Cl)c(C(F)(F)F)c2)cc1OC. The summed E-state index contributed by atoms with van der Waals surface area (Å²) in [4.78, 5) is -0.496. The monoisotopic (exact) mass is 437 g/mol. The van der Waals surface area contributed by atoms with Crippen LogP contribution < -0.4 is 9.47 Å². The Balaban J connectivity index is 2.32. The van der Waals surface area contributed by atoms with Crippen molar-refractivity contribution in [3.63, 3.8) is 0 Å². The van der Waals surface area contributed by atoms with Gasteiger partial charge in [0.2, 0.25) is 10.0 Å². The summed E-state index contributed by atoms with van der Waals surface area (Å²) < 4.78 is 76.1. The third-order valence-corrected chi connectivity index (χ3v) is 6.01. The Morgan fingerprint density at radius 2 is 1.79 bits per heavy atom. The number of nitrogens with zero attached hydrogens (tertiary/aromatic N) is 1. The zero-order chi connectivity index (χ0) is 21.1. The van der Waals surface area contributed by atoms with E-state index >= 15 is 0 Å². The van der Waals surface area contributed by atoms with E-state index in [2.05, 4.69) is 0 Å². The Bertz CT molecular complexity index is 948. The van der Waals surface area contributed by atoms with Gasteiger partial charge < -0.3 is 9.47 Å². The molecule has 0 aliphatic carbocycles. The second-order valence-electron chi connectivity index (χ2n) is 5.82. The number of methoxy groups -OCH3 is 1. The van der Waals surface area contributed by atoms with Crippen molar-refractivity contribution in [1.82, 2.24) is 4.31 Å². The van der Waals surface area contributed by atoms with Gasteiger partial charge in [0.05, 0.1) is 29.2 Å². The van der Waals surface area contributed by atoms with Crippen molar-refractivity contribution in [3.05, 3.63) is 52.5 Å². The molecule has 2 aromatic carbocycles. The van der Waals surface area contributed by atoms with Crippen LogP contribution in [0.2, 0.25) is 5.02 Å². The molecule has 0 N–H and O–H groups in total. The number of ether oxygens (including phenoxy) is 2. The van der Waals surface area contributed by atoms with Gasteiger partial charge in [-0.05, 0) is 42.8 Å². The second-order valence-corrected chi connectivity index (χ2v) is 8.27. The molecule has 0 fully saturated rings. The van der Waals surface area contributed by atoms with Crippen molar-refractivity contribution in [2.24, 2.45) is 0 Å². The Morgan fingerprint density at radius 3 is 2.36 bits per heavy atom. The summed E-state index contributed by atoms with van der Waals surface area (Å²) in [5.41, 5.74) is -0.622. The van der Waals surface area contributed by atoms with E-state index in [4.69, 9.17) is 21.1 Å². The van der Waals surface area contributed by atoms with Crippen LogP contribution in [0.25, 0.3) is 0 Å². The third-order valence-electron chi connectivity index (χ3n) is 3.88. The van der Waals surface area contributed by atoms with E-state index < -0.39 is 31.7 Å². The minimum absolute atomic E-state index is 0.0743. The van der Waals surface area contributed by atoms with E-state index in [9.17, 15) is 21.6 Å². The Kier molecular flexibility index (Phi) is 6.84. The Labute approximate surface area is 166 Å². The minimum Gasteiger partial charge on any atom is -0.493 e. The van der Waals surface area contributed by atoms with E-state index in [1.165, 1.54) is 14.2 Å². The molecule has 0 spiro atoms. The van der Waals surface area contributed by atoms with Gasteiger partial charge in [-0.15, -0.1) is 0 Å². The lowest BCUT2D eigenvalue weighted by Crippen LogP contribution is -2.27. The Hall–Kier alpha value is -1.97. The fourth-order valence-corrected chi connectivity index (χ4v) is 3.90. The molecule has 0 aromatic heterocycles. The summed E-state index contributed by atoms with van der Waals surface area (Å²) in [6.45, 7) is 2.17. The first-order valence-corrected chi connectivity index (χ1v) is 9.95. The lowest BCUT2D eigenvalue weighted by Gasteiger charge is -2.19. The predicted molar refractivity (Wildman–Crippen MR) is 99.3 cm³/mol. The lowest BCUT2D eigenvalue weighted by atomic mass is 10.2. The molecule has 0 atom stereocenters. The van der Waals surface area contributed by atoms with Crippen LogP contribution in [0.1, 0.15) is 18.1 Å². The van der Waals surface area contributed by atoms with Gasteiger partial charge in [0.15, 0.2) is 11.5 Å². The molecular formula is C18H19ClF3NO4S. The number of rotatable bonds is 7. The molecule has 28 heavy (non-hydrogen) atoms. The van der Waals surface area contributed by atoms with E-state index in [-0.39, 0.29) is 6.54 Å². The van der Waals surface area contributed by atoms with Crippen LogP contribution in [0, 0.1) is 0 Å². The second kappa shape index (κ2) is 8.59. The zero-order valence-corrected chi connectivity index (χ0v) is 17.0. The van der Waals surface area contributed by atoms with Crippen LogP contribution in [-0.4, -0.2) is 33.5 Å². The highest BCUT2D eigenvalue weighted by Crippen LogP contribution is 2.36. The minimum atomic E-state index is -4.76. The van der Waals surface area contributed by atoms with Crippen molar-refractivity contribution in [1.29, 1.82) is 0 Å². The standard InChI is InChI=1S/C18H19ClF3NO4S/c1-4-27-16-8-5-12(9-17(16)26-3)11-23(2)28(24,25)13-6-7-15(19)14(10-13)18(20,21)22/h5-10H,4,11H2,1-3H3. The van der Waals surface area contributed by atoms with Gasteiger partial charge in [0.25, 0.3) is 0 Å². The highest BCUT2D eigenvalue weighted by Gasteiger charge is 2.35. The van der Waals surface area contributed by atoms with Gasteiger partial charge in [-0.3, -0.25) is 0 Å². The maximum absolute atomic E-state index is 13.0. The molecule has 154 valence electrons. The zero-order valence-electron chi connectivity index (χ0n) is 15.4. The summed E-state index contributed by atoms with van der Waals surface area (Å²) in [5.74, 6) is 0.933. The lowest BCUT2D eigenvalue weighted by molar-refractivity contribution is -0.137. The van der Waals surface area contributed by atoms with E-state index in [0.717, 1.165) is 16.4 Å². The summed E-state index contributed by atoms with van der Waals surface area (Å²) in [5, 5.41) is -0.564. The molecule has 0 aliphatic rings. The van der Waals surface area contributed by atoms with Crippen LogP contribution in [0.3, 0.4) is 0 Å². The van der Waals surface area contributed by atoms with Gasteiger partial charge in [0, 0.05) is 13.6 Å². The molecule has 0 unspecified atom stereocenters. The van der Waals surface area contributed by atoms with Gasteiger partial charge in [-0.25, -0.2) is 8.42 Å². The van der Waals surface area contributed by atoms with E-state index in [0.29, 0.717) is 29.7 Å². The molecule has 0 saturated heterocycles. The maximum atomic E-state index is 13.0. The highest BCUT2D eigenvalue weighted by atomic mass is 35.5. The molecule has 5 nitrogen and oxygen atoms in total. The Morgan fingerprint density at radius 1 is 1.11 bits per heavy atom. The van der Waals surface area contributed by atoms with Crippen LogP contribution in [-0.2, 0) is 22.7 Å². The van der Waals surface area contributed by atoms with Crippen molar-refractivity contribution in [2.45, 2.75) is 24.5 Å². The molecule has 0 amide bonds. The van der Waals surface area contributed by atoms with Crippen LogP contribution in [0.5, 0.6) is 11.5 Å². The van der Waals surface area contributed by atoms with E-state index in [1.54, 1.807) is 18.2 Å². The maximum Gasteiger partial charge on any atom is 0.417 e. The van der Waals surface area contributed by atoms with Crippen molar-refractivity contribution < 1.29 is 31.1 Å².